The molecule has 0 aliphatic heterocycles. The molecule has 100 valence electrons. The van der Waals surface area contributed by atoms with Crippen LogP contribution in [0.3, 0.4) is 0 Å². The monoisotopic (exact) mass is 260 g/mol. The molecular formula is C14H16N2O3. The van der Waals surface area contributed by atoms with Gasteiger partial charge in [-0.05, 0) is 18.6 Å². The Balaban J connectivity index is 2.31. The van der Waals surface area contributed by atoms with Gasteiger partial charge < -0.3 is 19.9 Å². The van der Waals surface area contributed by atoms with Gasteiger partial charge in [0.1, 0.15) is 17.2 Å². The standard InChI is InChI=1S/C14H16N2O3/c1-9-4-13(15)14(16-8-9)19-12-6-10(17-2)5-11(7-12)18-3/h4-8H,15H2,1-3H3. The highest BCUT2D eigenvalue weighted by molar-refractivity contribution is 5.52. The van der Waals surface area contributed by atoms with Crippen LogP contribution in [0.2, 0.25) is 0 Å². The molecule has 2 N–H and O–H groups in total. The minimum atomic E-state index is 0.362. The zero-order chi connectivity index (χ0) is 13.8. The van der Waals surface area contributed by atoms with Crippen molar-refractivity contribution >= 4 is 5.69 Å². The molecule has 2 rings (SSSR count). The van der Waals surface area contributed by atoms with Gasteiger partial charge in [-0.15, -0.1) is 0 Å². The van der Waals surface area contributed by atoms with Crippen molar-refractivity contribution in [3.8, 4) is 23.1 Å². The normalized spacial score (nSPS) is 10.1. The maximum Gasteiger partial charge on any atom is 0.242 e. The van der Waals surface area contributed by atoms with Crippen LogP contribution in [0.4, 0.5) is 5.69 Å². The molecule has 0 aliphatic rings. The fourth-order valence-corrected chi connectivity index (χ4v) is 1.62. The quantitative estimate of drug-likeness (QED) is 0.915. The molecule has 5 nitrogen and oxygen atoms in total. The highest BCUT2D eigenvalue weighted by Crippen LogP contribution is 2.32. The highest BCUT2D eigenvalue weighted by Gasteiger charge is 2.07. The predicted molar refractivity (Wildman–Crippen MR) is 73.0 cm³/mol. The number of ether oxygens (including phenoxy) is 3. The van der Waals surface area contributed by atoms with E-state index in [1.807, 2.05) is 6.92 Å². The molecule has 5 heteroatoms. The number of aromatic nitrogens is 1. The fraction of sp³-hybridized carbons (Fsp3) is 0.214. The summed E-state index contributed by atoms with van der Waals surface area (Å²) in [5, 5.41) is 0. The Labute approximate surface area is 111 Å². The fourth-order valence-electron chi connectivity index (χ4n) is 1.62. The number of pyridine rings is 1. The van der Waals surface area contributed by atoms with Gasteiger partial charge in [0.25, 0.3) is 0 Å². The number of hydrogen-bond acceptors (Lipinski definition) is 5. The Kier molecular flexibility index (Phi) is 3.75. The Morgan fingerprint density at radius 1 is 0.947 bits per heavy atom. The molecule has 19 heavy (non-hydrogen) atoms. The molecule has 0 saturated heterocycles. The van der Waals surface area contributed by atoms with E-state index in [1.54, 1.807) is 44.7 Å². The van der Waals surface area contributed by atoms with Crippen molar-refractivity contribution in [1.82, 2.24) is 4.98 Å². The summed E-state index contributed by atoms with van der Waals surface area (Å²) in [7, 11) is 3.16. The summed E-state index contributed by atoms with van der Waals surface area (Å²) >= 11 is 0. The van der Waals surface area contributed by atoms with E-state index in [0.717, 1.165) is 5.56 Å². The summed E-state index contributed by atoms with van der Waals surface area (Å²) in [6.45, 7) is 1.92. The Morgan fingerprint density at radius 2 is 1.53 bits per heavy atom. The highest BCUT2D eigenvalue weighted by atomic mass is 16.5. The van der Waals surface area contributed by atoms with E-state index in [0.29, 0.717) is 28.8 Å². The summed E-state index contributed by atoms with van der Waals surface area (Å²) in [6, 6.07) is 7.05. The van der Waals surface area contributed by atoms with Gasteiger partial charge >= 0.3 is 0 Å². The van der Waals surface area contributed by atoms with Crippen molar-refractivity contribution in [2.24, 2.45) is 0 Å². The number of nitrogens with two attached hydrogens (primary N) is 1. The van der Waals surface area contributed by atoms with E-state index >= 15 is 0 Å². The van der Waals surface area contributed by atoms with Crippen molar-refractivity contribution in [1.29, 1.82) is 0 Å². The molecule has 0 aliphatic carbocycles. The van der Waals surface area contributed by atoms with Crippen LogP contribution in [0.1, 0.15) is 5.56 Å². The lowest BCUT2D eigenvalue weighted by molar-refractivity contribution is 0.385. The molecular weight excluding hydrogens is 244 g/mol. The average molecular weight is 260 g/mol. The number of hydrogen-bond donors (Lipinski definition) is 1. The number of methoxy groups -OCH3 is 2. The first-order chi connectivity index (χ1) is 9.12. The number of aryl methyl sites for hydroxylation is 1. The van der Waals surface area contributed by atoms with E-state index in [1.165, 1.54) is 0 Å². The number of benzene rings is 1. The topological polar surface area (TPSA) is 66.6 Å². The van der Waals surface area contributed by atoms with Gasteiger partial charge in [0.05, 0.1) is 19.9 Å². The Hall–Kier alpha value is -2.43. The van der Waals surface area contributed by atoms with Crippen LogP contribution in [-0.2, 0) is 0 Å². The van der Waals surface area contributed by atoms with Gasteiger partial charge in [-0.3, -0.25) is 0 Å². The molecule has 0 unspecified atom stereocenters. The van der Waals surface area contributed by atoms with Crippen LogP contribution in [0.15, 0.2) is 30.5 Å². The Morgan fingerprint density at radius 3 is 2.05 bits per heavy atom. The molecule has 2 aromatic rings. The SMILES string of the molecule is COc1cc(OC)cc(Oc2ncc(C)cc2N)c1. The van der Waals surface area contributed by atoms with Crippen molar-refractivity contribution < 1.29 is 14.2 Å². The summed E-state index contributed by atoms with van der Waals surface area (Å²) in [5.41, 5.74) is 7.33. The number of nitrogens with zero attached hydrogens (tertiary/aromatic N) is 1. The third-order valence-electron chi connectivity index (χ3n) is 2.56. The lowest BCUT2D eigenvalue weighted by Crippen LogP contribution is -1.96. The summed E-state index contributed by atoms with van der Waals surface area (Å²) in [5.74, 6) is 2.19. The third-order valence-corrected chi connectivity index (χ3v) is 2.56. The van der Waals surface area contributed by atoms with Crippen LogP contribution in [0, 0.1) is 6.92 Å². The summed E-state index contributed by atoms with van der Waals surface area (Å²) < 4.78 is 16.0. The molecule has 0 bridgehead atoms. The minimum Gasteiger partial charge on any atom is -0.496 e. The molecule has 0 radical (unpaired) electrons. The first-order valence-corrected chi connectivity index (χ1v) is 5.75. The molecule has 0 fully saturated rings. The van der Waals surface area contributed by atoms with Crippen LogP contribution >= 0.6 is 0 Å². The van der Waals surface area contributed by atoms with E-state index in [2.05, 4.69) is 4.98 Å². The maximum absolute atomic E-state index is 5.86. The van der Waals surface area contributed by atoms with Gasteiger partial charge in [0.15, 0.2) is 0 Å². The number of nitrogen functional groups attached to an aromatic ring is 1. The molecule has 0 saturated carbocycles. The van der Waals surface area contributed by atoms with Crippen molar-refractivity contribution in [2.75, 3.05) is 20.0 Å². The molecule has 1 heterocycles. The van der Waals surface area contributed by atoms with Crippen molar-refractivity contribution in [2.45, 2.75) is 6.92 Å². The zero-order valence-corrected chi connectivity index (χ0v) is 11.1. The number of anilines is 1. The van der Waals surface area contributed by atoms with Gasteiger partial charge in [-0.25, -0.2) is 4.98 Å². The molecule has 0 spiro atoms. The van der Waals surface area contributed by atoms with E-state index in [4.69, 9.17) is 19.9 Å². The molecule has 0 amide bonds. The summed E-state index contributed by atoms with van der Waals surface area (Å²) in [6.07, 6.45) is 1.70. The van der Waals surface area contributed by atoms with E-state index in [-0.39, 0.29) is 0 Å². The van der Waals surface area contributed by atoms with E-state index in [9.17, 15) is 0 Å². The lowest BCUT2D eigenvalue weighted by atomic mass is 10.3. The van der Waals surface area contributed by atoms with Gasteiger partial charge in [0, 0.05) is 24.4 Å². The van der Waals surface area contributed by atoms with E-state index < -0.39 is 0 Å². The second-order valence-electron chi connectivity index (χ2n) is 4.06. The first kappa shape index (κ1) is 13.0. The zero-order valence-electron chi connectivity index (χ0n) is 11.1. The summed E-state index contributed by atoms with van der Waals surface area (Å²) in [4.78, 5) is 4.16. The van der Waals surface area contributed by atoms with Crippen molar-refractivity contribution in [3.63, 3.8) is 0 Å². The number of rotatable bonds is 4. The average Bonchev–Trinajstić information content (AvgIpc) is 2.41. The van der Waals surface area contributed by atoms with Crippen LogP contribution in [0.25, 0.3) is 0 Å². The predicted octanol–water partition coefficient (Wildman–Crippen LogP) is 2.78. The van der Waals surface area contributed by atoms with Crippen LogP contribution in [-0.4, -0.2) is 19.2 Å². The van der Waals surface area contributed by atoms with Crippen LogP contribution in [0.5, 0.6) is 23.1 Å². The van der Waals surface area contributed by atoms with Gasteiger partial charge in [-0.2, -0.15) is 0 Å². The Bertz CT molecular complexity index is 563. The third kappa shape index (κ3) is 3.07. The first-order valence-electron chi connectivity index (χ1n) is 5.75. The second-order valence-corrected chi connectivity index (χ2v) is 4.06. The van der Waals surface area contributed by atoms with Crippen molar-refractivity contribution in [3.05, 3.63) is 36.0 Å². The van der Waals surface area contributed by atoms with Gasteiger partial charge in [-0.1, -0.05) is 0 Å². The molecule has 1 aromatic carbocycles. The smallest absolute Gasteiger partial charge is 0.242 e. The van der Waals surface area contributed by atoms with Crippen LogP contribution < -0.4 is 19.9 Å². The largest absolute Gasteiger partial charge is 0.496 e. The second kappa shape index (κ2) is 5.48. The minimum absolute atomic E-state index is 0.362. The maximum atomic E-state index is 5.86. The molecule has 0 atom stereocenters. The van der Waals surface area contributed by atoms with Gasteiger partial charge in [0.2, 0.25) is 5.88 Å². The molecule has 1 aromatic heterocycles. The lowest BCUT2D eigenvalue weighted by Gasteiger charge is -2.10.